The number of hydrogen-bond donors (Lipinski definition) is 0. The van der Waals surface area contributed by atoms with Crippen LogP contribution in [0.25, 0.3) is 0 Å². The van der Waals surface area contributed by atoms with Crippen LogP contribution in [-0.4, -0.2) is 39.6 Å². The maximum atomic E-state index is 12.3. The van der Waals surface area contributed by atoms with Crippen molar-refractivity contribution in [3.05, 3.63) is 48.0 Å². The van der Waals surface area contributed by atoms with E-state index in [1.165, 1.54) is 38.4 Å². The summed E-state index contributed by atoms with van der Waals surface area (Å²) in [6.07, 6.45) is 0. The summed E-state index contributed by atoms with van der Waals surface area (Å²) in [5.41, 5.74) is 0.135. The number of esters is 1. The van der Waals surface area contributed by atoms with Gasteiger partial charge in [-0.05, 0) is 30.3 Å². The van der Waals surface area contributed by atoms with Crippen molar-refractivity contribution in [2.24, 2.45) is 0 Å². The van der Waals surface area contributed by atoms with Crippen molar-refractivity contribution in [2.45, 2.75) is 4.90 Å². The molecule has 0 spiro atoms. The number of fused-ring (bicyclic) bond motifs is 1. The molecular formula is C16H15NO6S. The van der Waals surface area contributed by atoms with Crippen LogP contribution in [0.2, 0.25) is 0 Å². The van der Waals surface area contributed by atoms with E-state index in [9.17, 15) is 13.2 Å². The van der Waals surface area contributed by atoms with Crippen LogP contribution in [0.4, 0.5) is 0 Å². The van der Waals surface area contributed by atoms with Crippen LogP contribution in [0.5, 0.6) is 17.2 Å². The average Bonchev–Trinajstić information content (AvgIpc) is 3.02. The van der Waals surface area contributed by atoms with Crippen molar-refractivity contribution < 1.29 is 27.4 Å². The predicted molar refractivity (Wildman–Crippen MR) is 84.8 cm³/mol. The van der Waals surface area contributed by atoms with E-state index in [-0.39, 0.29) is 23.0 Å². The van der Waals surface area contributed by atoms with Crippen LogP contribution < -0.4 is 14.2 Å². The third-order valence-electron chi connectivity index (χ3n) is 3.40. The number of nitrogens with zero attached hydrogens (tertiary/aromatic N) is 1. The predicted octanol–water partition coefficient (Wildman–Crippen LogP) is 1.88. The highest BCUT2D eigenvalue weighted by atomic mass is 32.2. The molecule has 8 heteroatoms. The van der Waals surface area contributed by atoms with Gasteiger partial charge in [0.05, 0.1) is 10.5 Å². The highest BCUT2D eigenvalue weighted by Gasteiger charge is 2.20. The van der Waals surface area contributed by atoms with Gasteiger partial charge in [-0.15, -0.1) is 0 Å². The van der Waals surface area contributed by atoms with E-state index in [1.807, 2.05) is 0 Å². The first-order chi connectivity index (χ1) is 11.4. The lowest BCUT2D eigenvalue weighted by Crippen LogP contribution is -2.22. The molecule has 126 valence electrons. The van der Waals surface area contributed by atoms with Crippen molar-refractivity contribution in [1.29, 1.82) is 0 Å². The van der Waals surface area contributed by atoms with Crippen LogP contribution in [0.15, 0.2) is 47.4 Å². The summed E-state index contributed by atoms with van der Waals surface area (Å²) < 4.78 is 41.0. The summed E-state index contributed by atoms with van der Waals surface area (Å²) >= 11 is 0. The Bertz CT molecular complexity index is 891. The highest BCUT2D eigenvalue weighted by molar-refractivity contribution is 7.89. The number of benzene rings is 2. The minimum absolute atomic E-state index is 0.0210. The summed E-state index contributed by atoms with van der Waals surface area (Å²) in [6.45, 7) is 0.122. The van der Waals surface area contributed by atoms with Gasteiger partial charge < -0.3 is 14.2 Å². The molecule has 0 bridgehead atoms. The number of rotatable bonds is 4. The Morgan fingerprint density at radius 1 is 1.08 bits per heavy atom. The fourth-order valence-corrected chi connectivity index (χ4v) is 3.05. The Hall–Kier alpha value is -2.58. The van der Waals surface area contributed by atoms with Crippen molar-refractivity contribution in [3.63, 3.8) is 0 Å². The molecule has 0 unspecified atom stereocenters. The van der Waals surface area contributed by atoms with E-state index >= 15 is 0 Å². The minimum atomic E-state index is -3.62. The third kappa shape index (κ3) is 3.06. The standard InChI is InChI=1S/C16H15NO6S/c1-17(2)24(19,20)13-5-3-4-11(8-13)16(18)23-12-6-7-14-15(9-12)22-10-21-14/h3-9H,10H2,1-2H3. The van der Waals surface area contributed by atoms with Crippen molar-refractivity contribution in [3.8, 4) is 17.2 Å². The van der Waals surface area contributed by atoms with Crippen LogP contribution in [0, 0.1) is 0 Å². The van der Waals surface area contributed by atoms with Gasteiger partial charge >= 0.3 is 5.97 Å². The van der Waals surface area contributed by atoms with E-state index in [1.54, 1.807) is 18.2 Å². The molecular weight excluding hydrogens is 334 g/mol. The molecule has 0 saturated carbocycles. The molecule has 24 heavy (non-hydrogen) atoms. The van der Waals surface area contributed by atoms with Gasteiger partial charge in [-0.1, -0.05) is 6.07 Å². The Balaban J connectivity index is 1.83. The summed E-state index contributed by atoms with van der Waals surface area (Å²) in [5, 5.41) is 0. The van der Waals surface area contributed by atoms with Gasteiger partial charge in [0.25, 0.3) is 0 Å². The van der Waals surface area contributed by atoms with Crippen LogP contribution in [0.3, 0.4) is 0 Å². The summed E-state index contributed by atoms with van der Waals surface area (Å²) in [7, 11) is -0.778. The zero-order valence-corrected chi connectivity index (χ0v) is 13.9. The molecule has 0 N–H and O–H groups in total. The Morgan fingerprint density at radius 2 is 1.83 bits per heavy atom. The fourth-order valence-electron chi connectivity index (χ4n) is 2.10. The molecule has 0 atom stereocenters. The maximum Gasteiger partial charge on any atom is 0.343 e. The van der Waals surface area contributed by atoms with Gasteiger partial charge in [0, 0.05) is 20.2 Å². The molecule has 0 amide bonds. The minimum Gasteiger partial charge on any atom is -0.454 e. The van der Waals surface area contributed by atoms with Crippen LogP contribution in [-0.2, 0) is 10.0 Å². The SMILES string of the molecule is CN(C)S(=O)(=O)c1cccc(C(=O)Oc2ccc3c(c2)OCO3)c1. The molecule has 0 fully saturated rings. The molecule has 0 aromatic heterocycles. The number of hydrogen-bond acceptors (Lipinski definition) is 6. The molecule has 1 aliphatic rings. The Labute approximate surface area is 139 Å². The first-order valence-electron chi connectivity index (χ1n) is 7.02. The van der Waals surface area contributed by atoms with Gasteiger partial charge in [-0.3, -0.25) is 0 Å². The lowest BCUT2D eigenvalue weighted by atomic mass is 10.2. The van der Waals surface area contributed by atoms with Crippen molar-refractivity contribution >= 4 is 16.0 Å². The van der Waals surface area contributed by atoms with Crippen LogP contribution >= 0.6 is 0 Å². The number of sulfonamides is 1. The number of ether oxygens (including phenoxy) is 3. The molecule has 0 radical (unpaired) electrons. The summed E-state index contributed by atoms with van der Waals surface area (Å²) in [4.78, 5) is 12.3. The molecule has 2 aromatic rings. The number of carbonyl (C=O) groups is 1. The summed E-state index contributed by atoms with van der Waals surface area (Å²) in [6, 6.07) is 10.4. The lowest BCUT2D eigenvalue weighted by molar-refractivity contribution is 0.0734. The molecule has 0 aliphatic carbocycles. The normalized spacial score (nSPS) is 13.1. The van der Waals surface area contributed by atoms with Crippen molar-refractivity contribution in [2.75, 3.05) is 20.9 Å². The summed E-state index contributed by atoms with van der Waals surface area (Å²) in [5.74, 6) is 0.688. The van der Waals surface area contributed by atoms with Crippen LogP contribution in [0.1, 0.15) is 10.4 Å². The second kappa shape index (κ2) is 6.14. The van der Waals surface area contributed by atoms with E-state index in [4.69, 9.17) is 14.2 Å². The highest BCUT2D eigenvalue weighted by Crippen LogP contribution is 2.35. The number of carbonyl (C=O) groups excluding carboxylic acids is 1. The second-order valence-electron chi connectivity index (χ2n) is 5.22. The quantitative estimate of drug-likeness (QED) is 0.619. The first-order valence-corrected chi connectivity index (χ1v) is 8.46. The average molecular weight is 349 g/mol. The zero-order valence-electron chi connectivity index (χ0n) is 13.1. The van der Waals surface area contributed by atoms with Gasteiger partial charge in [0.1, 0.15) is 5.75 Å². The fraction of sp³-hybridized carbons (Fsp3) is 0.188. The molecule has 7 nitrogen and oxygen atoms in total. The topological polar surface area (TPSA) is 82.1 Å². The Kier molecular flexibility index (Phi) is 4.16. The molecule has 0 saturated heterocycles. The lowest BCUT2D eigenvalue weighted by Gasteiger charge is -2.12. The third-order valence-corrected chi connectivity index (χ3v) is 5.21. The van der Waals surface area contributed by atoms with E-state index in [0.717, 1.165) is 4.31 Å². The zero-order chi connectivity index (χ0) is 17.3. The maximum absolute atomic E-state index is 12.3. The van der Waals surface area contributed by atoms with Gasteiger partial charge in [-0.25, -0.2) is 17.5 Å². The van der Waals surface area contributed by atoms with Gasteiger partial charge in [0.2, 0.25) is 16.8 Å². The first kappa shape index (κ1) is 16.3. The largest absolute Gasteiger partial charge is 0.454 e. The smallest absolute Gasteiger partial charge is 0.343 e. The van der Waals surface area contributed by atoms with Gasteiger partial charge in [0.15, 0.2) is 11.5 Å². The Morgan fingerprint density at radius 3 is 2.58 bits per heavy atom. The van der Waals surface area contributed by atoms with Gasteiger partial charge in [-0.2, -0.15) is 0 Å². The monoisotopic (exact) mass is 349 g/mol. The van der Waals surface area contributed by atoms with Crippen molar-refractivity contribution in [1.82, 2.24) is 4.31 Å². The molecule has 2 aromatic carbocycles. The molecule has 1 aliphatic heterocycles. The van der Waals surface area contributed by atoms with E-state index in [0.29, 0.717) is 11.5 Å². The molecule has 1 heterocycles. The second-order valence-corrected chi connectivity index (χ2v) is 7.37. The van der Waals surface area contributed by atoms with E-state index < -0.39 is 16.0 Å². The molecule has 3 rings (SSSR count). The van der Waals surface area contributed by atoms with E-state index in [2.05, 4.69) is 0 Å².